The zero-order chi connectivity index (χ0) is 89.1. The third-order valence-electron chi connectivity index (χ3n) is 24.7. The number of ether oxygens (including phenoxy) is 2. The molecule has 38 heteroatoms. The van der Waals surface area contributed by atoms with Crippen LogP contribution in [-0.2, 0) is 93.3 Å². The first kappa shape index (κ1) is 89.8. The summed E-state index contributed by atoms with van der Waals surface area (Å²) >= 11 is 0. The molecule has 666 valence electrons. The van der Waals surface area contributed by atoms with Crippen molar-refractivity contribution in [2.75, 3.05) is 68.4 Å². The number of aromatic nitrogens is 1. The van der Waals surface area contributed by atoms with Crippen LogP contribution in [0.15, 0.2) is 85.1 Å². The molecule has 0 spiro atoms. The highest BCUT2D eigenvalue weighted by Crippen LogP contribution is 2.35. The lowest BCUT2D eigenvalue weighted by molar-refractivity contribution is -0.163. The molecule has 0 bridgehead atoms. The second-order valence-electron chi connectivity index (χ2n) is 34.3. The fraction of sp³-hybridized carbons (Fsp3) is 0.535. The molecule has 8 saturated heterocycles. The molecule has 0 radical (unpaired) electrons. The van der Waals surface area contributed by atoms with Crippen LogP contribution >= 0.6 is 0 Å². The minimum absolute atomic E-state index is 0.00585. The highest BCUT2D eigenvalue weighted by Gasteiger charge is 2.52. The van der Waals surface area contributed by atoms with Gasteiger partial charge in [0, 0.05) is 127 Å². The molecule has 124 heavy (non-hydrogen) atoms. The summed E-state index contributed by atoms with van der Waals surface area (Å²) in [7, 11) is 3.74. The van der Waals surface area contributed by atoms with Gasteiger partial charge in [0.05, 0.1) is 12.2 Å². The number of carbonyl (C=O) groups excluding carboxylic acids is 14. The van der Waals surface area contributed by atoms with Crippen molar-refractivity contribution in [3.05, 3.63) is 125 Å². The zero-order valence-corrected chi connectivity index (χ0v) is 70.1. The molecular weight excluding hydrogens is 1620 g/mol. The summed E-state index contributed by atoms with van der Waals surface area (Å²) in [6.45, 7) is 10.2. The van der Waals surface area contributed by atoms with Crippen molar-refractivity contribution < 1.29 is 104 Å². The van der Waals surface area contributed by atoms with Crippen LogP contribution in [0, 0.1) is 35.1 Å². The Bertz CT molecular complexity index is 4960. The van der Waals surface area contributed by atoms with Crippen molar-refractivity contribution in [2.24, 2.45) is 18.9 Å². The minimum Gasteiger partial charge on any atom is -0.458 e. The second-order valence-corrected chi connectivity index (χ2v) is 34.3. The van der Waals surface area contributed by atoms with Crippen molar-refractivity contribution in [1.82, 2.24) is 65.9 Å². The Balaban J connectivity index is 0.000000213. The number of likely N-dealkylation sites (N-methyl/N-ethyl adjacent to an activating group) is 1. The van der Waals surface area contributed by atoms with Gasteiger partial charge < -0.3 is 101 Å². The molecule has 9 aliphatic heterocycles. The number of amides is 14. The molecule has 5 aromatic rings. The number of carbonyl (C=O) groups is 14. The van der Waals surface area contributed by atoms with E-state index in [0.717, 1.165) is 69.2 Å². The van der Waals surface area contributed by atoms with E-state index in [1.165, 1.54) is 47.3 Å². The number of aliphatic hydroxyl groups is 2. The molecular formula is C86H106F4N16O18. The van der Waals surface area contributed by atoms with Gasteiger partial charge in [-0.2, -0.15) is 0 Å². The van der Waals surface area contributed by atoms with E-state index in [0.29, 0.717) is 49.2 Å². The minimum atomic E-state index is -1.75. The number of hydrogen-bond acceptors (Lipinski definition) is 19. The second kappa shape index (κ2) is 38.0. The number of aliphatic hydroxyl groups excluding tert-OH is 2. The quantitative estimate of drug-likeness (QED) is 0.0634. The summed E-state index contributed by atoms with van der Waals surface area (Å²) in [5.41, 5.74) is 3.54. The number of cyclic esters (lactones) is 2. The lowest BCUT2D eigenvalue weighted by Crippen LogP contribution is -2.63. The Labute approximate surface area is 712 Å². The SMILES string of the molecule is C[C@@H]1C[C@H]2C(=O)O[C@@H](C)[C@H](NC(=O)[C@H](Cc3cc(F)cc(F)c3)NC(=O)Nc3ccc4c(c3)N(C)CC4)C(=O)N3C[C@H](O)C[C@H]3C(=O)N3CCCC[C@H]3C(=O)N[C@@H](C)C(=O)N2C1.C[C@@H]1C[C@H]2C(=O)O[C@@H](C)[C@H](NC(=O)[C@H](Cc3cc(F)cc(F)c3)NC(=O)Nc3ccc4ccn(C)c4c3)C(=O)N3C[C@H](O)C[C@H]3C(=O)N3CCCC[C@H]3C(=O)N[C@@H](C)C(=O)N2C1. The first-order chi connectivity index (χ1) is 58.9. The van der Waals surface area contributed by atoms with Crippen LogP contribution in [0.3, 0.4) is 0 Å². The summed E-state index contributed by atoms with van der Waals surface area (Å²) in [6.07, 6.45) is -0.579. The van der Waals surface area contributed by atoms with E-state index in [9.17, 15) is 94.9 Å². The van der Waals surface area contributed by atoms with Crippen molar-refractivity contribution in [1.29, 1.82) is 0 Å². The molecule has 0 saturated carbocycles. The van der Waals surface area contributed by atoms with Crippen LogP contribution in [0.25, 0.3) is 10.9 Å². The molecule has 4 aromatic carbocycles. The van der Waals surface area contributed by atoms with E-state index in [2.05, 4.69) is 42.5 Å². The molecule has 14 amide bonds. The Kier molecular flexibility index (Phi) is 27.5. The Morgan fingerprint density at radius 3 is 1.33 bits per heavy atom. The molecule has 9 aliphatic rings. The summed E-state index contributed by atoms with van der Waals surface area (Å²) in [5, 5.41) is 43.8. The maximum absolute atomic E-state index is 14.8. The van der Waals surface area contributed by atoms with Gasteiger partial charge in [0.25, 0.3) is 0 Å². The highest BCUT2D eigenvalue weighted by atomic mass is 19.1. The van der Waals surface area contributed by atoms with Crippen molar-refractivity contribution >= 4 is 111 Å². The Morgan fingerprint density at radius 1 is 0.468 bits per heavy atom. The van der Waals surface area contributed by atoms with Crippen molar-refractivity contribution in [3.8, 4) is 0 Å². The molecule has 34 nitrogen and oxygen atoms in total. The summed E-state index contributed by atoms with van der Waals surface area (Å²) in [4.78, 5) is 207. The lowest BCUT2D eigenvalue weighted by atomic mass is 9.98. The van der Waals surface area contributed by atoms with E-state index >= 15 is 0 Å². The molecule has 14 rings (SSSR count). The van der Waals surface area contributed by atoms with Gasteiger partial charge in [-0.3, -0.25) is 47.9 Å². The van der Waals surface area contributed by atoms with Crippen LogP contribution in [0.1, 0.15) is 122 Å². The number of hydrogen-bond donors (Lipinski definition) is 10. The van der Waals surface area contributed by atoms with Gasteiger partial charge in [-0.1, -0.05) is 26.0 Å². The summed E-state index contributed by atoms with van der Waals surface area (Å²) < 4.78 is 71.3. The number of urea groups is 2. The number of halogens is 4. The number of aryl methyl sites for hydroxylation is 1. The standard InChI is InChI=1S/C43H54F2N8O9.C43H52F2N8O9/c2*1-22-13-35-42(60)62-24(3)36(41(59)53-21-30(54)19-34(53)40(58)51-11-6-5-7-32(51)38(56)46-23(2)39(57)52(35)20-22)49-37(55)31(16-25-14-27(44)17-28(45)15-25)48-43(61)47-29-9-8-26-10-12-50(4)33(26)18-29/h8-9,14-15,17-18,22-24,30-32,34-36,54H,5-7,10-13,16,19-21H2,1-4H3,(H,46,56)(H,49,55)(H2,47,48,61);8-10,12,14-15,17-18,22-24,30-32,34-36,54H,5-7,11,13,16,19-21H2,1-4H3,(H,46,56)(H,49,55)(H2,47,48,61)/t2*22-,23+,24+,30-,31+,32+,34+,35+,36+/m11/s1. The van der Waals surface area contributed by atoms with E-state index < -0.39 is 216 Å². The Hall–Kier alpha value is -12.0. The zero-order valence-electron chi connectivity index (χ0n) is 70.1. The number of fused-ring (bicyclic) bond motifs is 8. The van der Waals surface area contributed by atoms with Gasteiger partial charge >= 0.3 is 24.0 Å². The first-order valence-electron chi connectivity index (χ1n) is 42.2. The fourth-order valence-corrected chi connectivity index (χ4v) is 18.4. The molecule has 10 N–H and O–H groups in total. The first-order valence-corrected chi connectivity index (χ1v) is 42.2. The number of benzene rings is 4. The van der Waals surface area contributed by atoms with E-state index in [1.807, 2.05) is 55.7 Å². The molecule has 10 heterocycles. The van der Waals surface area contributed by atoms with Crippen LogP contribution < -0.4 is 47.4 Å². The van der Waals surface area contributed by atoms with Crippen LogP contribution in [0.2, 0.25) is 0 Å². The number of piperidine rings is 2. The van der Waals surface area contributed by atoms with Crippen LogP contribution in [0.4, 0.5) is 44.2 Å². The summed E-state index contributed by atoms with van der Waals surface area (Å²) in [6, 6.07) is 0.342. The smallest absolute Gasteiger partial charge is 0.329 e. The van der Waals surface area contributed by atoms with Gasteiger partial charge in [0.2, 0.25) is 59.1 Å². The number of nitrogens with zero attached hydrogens (tertiary/aromatic N) is 8. The van der Waals surface area contributed by atoms with Gasteiger partial charge in [0.1, 0.15) is 108 Å². The number of anilines is 3. The average Bonchev–Trinajstić information content (AvgIpc) is 1.59. The van der Waals surface area contributed by atoms with Crippen molar-refractivity contribution in [2.45, 2.75) is 222 Å². The highest BCUT2D eigenvalue weighted by molar-refractivity contribution is 6.02. The maximum Gasteiger partial charge on any atom is 0.329 e. The third-order valence-corrected chi connectivity index (χ3v) is 24.7. The topological polar surface area (TPSA) is 422 Å². The molecule has 0 aliphatic carbocycles. The molecule has 0 unspecified atom stereocenters. The van der Waals surface area contributed by atoms with E-state index in [-0.39, 0.29) is 101 Å². The number of nitrogens with one attached hydrogen (secondary N) is 8. The van der Waals surface area contributed by atoms with Crippen molar-refractivity contribution in [3.63, 3.8) is 0 Å². The average molecular weight is 1730 g/mol. The largest absolute Gasteiger partial charge is 0.458 e. The van der Waals surface area contributed by atoms with Gasteiger partial charge in [0.15, 0.2) is 0 Å². The van der Waals surface area contributed by atoms with Crippen LogP contribution in [0.5, 0.6) is 0 Å². The number of esters is 2. The fourth-order valence-electron chi connectivity index (χ4n) is 18.4. The normalized spacial score (nSPS) is 28.3. The van der Waals surface area contributed by atoms with Crippen LogP contribution in [-0.4, -0.2) is 277 Å². The number of rotatable bonds is 12. The molecule has 18 atom stereocenters. The third kappa shape index (κ3) is 20.3. The molecule has 8 fully saturated rings. The lowest BCUT2D eigenvalue weighted by Gasteiger charge is -2.39. The van der Waals surface area contributed by atoms with E-state index in [4.69, 9.17) is 9.47 Å². The maximum atomic E-state index is 14.8. The Morgan fingerprint density at radius 2 is 0.887 bits per heavy atom. The summed E-state index contributed by atoms with van der Waals surface area (Å²) in [5.74, 6) is -13.1. The van der Waals surface area contributed by atoms with Gasteiger partial charge in [-0.05, 0) is 174 Å². The van der Waals surface area contributed by atoms with E-state index in [1.54, 1.807) is 30.3 Å². The van der Waals surface area contributed by atoms with Gasteiger partial charge in [-0.25, -0.2) is 36.7 Å². The predicted molar refractivity (Wildman–Crippen MR) is 438 cm³/mol. The molecule has 1 aromatic heterocycles. The predicted octanol–water partition coefficient (Wildman–Crippen LogP) is 2.91. The van der Waals surface area contributed by atoms with Gasteiger partial charge in [-0.15, -0.1) is 0 Å². The monoisotopic (exact) mass is 1730 g/mol.